The van der Waals surface area contributed by atoms with Gasteiger partial charge >= 0.3 is 0 Å². The molecular weight excluding hydrogens is 550 g/mol. The monoisotopic (exact) mass is 583 g/mol. The number of hydrogen-bond donors (Lipinski definition) is 1. The molecule has 1 N–H and O–H groups in total. The summed E-state index contributed by atoms with van der Waals surface area (Å²) in [5, 5.41) is 9.68. The smallest absolute Gasteiger partial charge is 0.239 e. The molecular formula is C28H33N5O5S2. The van der Waals surface area contributed by atoms with E-state index in [-0.39, 0.29) is 28.9 Å². The number of carbonyl (C=O) groups is 3. The van der Waals surface area contributed by atoms with E-state index in [0.29, 0.717) is 67.3 Å². The second-order valence-corrected chi connectivity index (χ2v) is 13.0. The fourth-order valence-electron chi connectivity index (χ4n) is 4.95. The van der Waals surface area contributed by atoms with Crippen molar-refractivity contribution in [3.05, 3.63) is 58.3 Å². The molecule has 40 heavy (non-hydrogen) atoms. The summed E-state index contributed by atoms with van der Waals surface area (Å²) in [5.41, 5.74) is 2.66. The van der Waals surface area contributed by atoms with E-state index in [0.717, 1.165) is 23.7 Å². The van der Waals surface area contributed by atoms with E-state index < -0.39 is 21.8 Å². The van der Waals surface area contributed by atoms with Crippen LogP contribution in [-0.2, 0) is 31.9 Å². The Bertz CT molecular complexity index is 1430. The maximum absolute atomic E-state index is 12.8. The lowest BCUT2D eigenvalue weighted by atomic mass is 9.96. The maximum atomic E-state index is 12.8. The number of thioether (sulfide) groups is 1. The number of nitrogens with one attached hydrogen (secondary N) is 1. The average molecular weight is 584 g/mol. The summed E-state index contributed by atoms with van der Waals surface area (Å²) in [7, 11) is -3.85. The van der Waals surface area contributed by atoms with Crippen molar-refractivity contribution in [3.8, 4) is 6.07 Å². The highest BCUT2D eigenvalue weighted by Crippen LogP contribution is 2.29. The average Bonchev–Trinajstić information content (AvgIpc) is 3.33. The van der Waals surface area contributed by atoms with Gasteiger partial charge in [-0.25, -0.2) is 13.4 Å². The van der Waals surface area contributed by atoms with E-state index in [1.54, 1.807) is 23.1 Å². The fraction of sp³-hybridized carbons (Fsp3) is 0.464. The van der Waals surface area contributed by atoms with E-state index in [9.17, 15) is 28.1 Å². The third-order valence-electron chi connectivity index (χ3n) is 7.11. The number of anilines is 1. The van der Waals surface area contributed by atoms with Gasteiger partial charge in [-0.2, -0.15) is 5.26 Å². The summed E-state index contributed by atoms with van der Waals surface area (Å²) in [6.07, 6.45) is 1.98. The lowest BCUT2D eigenvalue weighted by Crippen LogP contribution is -2.43. The predicted octanol–water partition coefficient (Wildman–Crippen LogP) is 3.14. The second-order valence-electron chi connectivity index (χ2n) is 10.1. The van der Waals surface area contributed by atoms with Crippen LogP contribution in [0.4, 0.5) is 5.82 Å². The van der Waals surface area contributed by atoms with Crippen molar-refractivity contribution in [2.75, 3.05) is 30.3 Å². The highest BCUT2D eigenvalue weighted by Gasteiger charge is 2.31. The number of benzene rings is 1. The number of sulfonamides is 1. The normalized spacial score (nSPS) is 16.2. The minimum Gasteiger partial charge on any atom is -0.355 e. The lowest BCUT2D eigenvalue weighted by molar-refractivity contribution is -0.128. The highest BCUT2D eigenvalue weighted by molar-refractivity contribution is 8.14. The first-order chi connectivity index (χ1) is 19.1. The quantitative estimate of drug-likeness (QED) is 0.471. The van der Waals surface area contributed by atoms with Crippen molar-refractivity contribution < 1.29 is 22.8 Å². The number of amides is 2. The molecule has 2 aliphatic heterocycles. The van der Waals surface area contributed by atoms with Crippen molar-refractivity contribution in [2.45, 2.75) is 51.8 Å². The van der Waals surface area contributed by atoms with E-state index in [4.69, 9.17) is 4.98 Å². The number of aryl methyl sites for hydroxylation is 1. The van der Waals surface area contributed by atoms with Crippen molar-refractivity contribution in [1.29, 1.82) is 5.26 Å². The number of carbonyl (C=O) groups excluding carboxylic acids is 3. The van der Waals surface area contributed by atoms with Crippen molar-refractivity contribution in [3.63, 3.8) is 0 Å². The molecule has 0 saturated carbocycles. The lowest BCUT2D eigenvalue weighted by Gasteiger charge is -2.33. The van der Waals surface area contributed by atoms with Crippen LogP contribution in [0, 0.1) is 24.2 Å². The maximum Gasteiger partial charge on any atom is 0.239 e. The fourth-order valence-corrected chi connectivity index (χ4v) is 6.72. The van der Waals surface area contributed by atoms with Crippen LogP contribution >= 0.6 is 11.8 Å². The molecule has 0 atom stereocenters. The van der Waals surface area contributed by atoms with Gasteiger partial charge in [0.05, 0.1) is 29.1 Å². The van der Waals surface area contributed by atoms with E-state index in [1.807, 2.05) is 30.9 Å². The van der Waals surface area contributed by atoms with Crippen LogP contribution in [0.1, 0.15) is 65.3 Å². The first-order valence-corrected chi connectivity index (χ1v) is 16.0. The Labute approximate surface area is 239 Å². The standard InChI is InChI=1S/C28H33N5O5S2/c1-3-39-28(36)23-15-22(16-29)26(30-24(23)17-33-12-4-5-25(33)34)32-13-10-21(11-14-32)27(35)31-40(37,38)18-20-8-6-19(2)7-9-20/h6-9,15,21H,3-5,10-14,17-18H2,1-2H3,(H,31,35). The molecule has 0 aliphatic carbocycles. The number of nitriles is 1. The van der Waals surface area contributed by atoms with E-state index in [2.05, 4.69) is 10.8 Å². The molecule has 0 bridgehead atoms. The third-order valence-corrected chi connectivity index (χ3v) is 9.10. The number of likely N-dealkylation sites (tertiary alicyclic amines) is 1. The molecule has 0 unspecified atom stereocenters. The van der Waals surface area contributed by atoms with Gasteiger partial charge in [-0.3, -0.25) is 19.1 Å². The van der Waals surface area contributed by atoms with Gasteiger partial charge in [0, 0.05) is 32.0 Å². The molecule has 2 saturated heterocycles. The first kappa shape index (κ1) is 29.6. The summed E-state index contributed by atoms with van der Waals surface area (Å²) >= 11 is 1.13. The van der Waals surface area contributed by atoms with Crippen molar-refractivity contribution >= 4 is 44.5 Å². The minimum atomic E-state index is -3.85. The molecule has 212 valence electrons. The summed E-state index contributed by atoms with van der Waals surface area (Å²) in [5.74, 6) is -0.326. The number of hydrogen-bond acceptors (Lipinski definition) is 9. The van der Waals surface area contributed by atoms with Crippen LogP contribution in [0.15, 0.2) is 30.3 Å². The van der Waals surface area contributed by atoms with Gasteiger partial charge in [0.25, 0.3) is 0 Å². The van der Waals surface area contributed by atoms with Gasteiger partial charge in [-0.15, -0.1) is 0 Å². The predicted molar refractivity (Wildman–Crippen MR) is 153 cm³/mol. The van der Waals surface area contributed by atoms with Gasteiger partial charge in [0.2, 0.25) is 27.0 Å². The van der Waals surface area contributed by atoms with Gasteiger partial charge in [-0.05, 0) is 43.6 Å². The molecule has 1 aromatic heterocycles. The minimum absolute atomic E-state index is 0.0124. The largest absolute Gasteiger partial charge is 0.355 e. The van der Waals surface area contributed by atoms with Gasteiger partial charge in [0.15, 0.2) is 0 Å². The molecule has 1 aromatic carbocycles. The molecule has 0 spiro atoms. The summed E-state index contributed by atoms with van der Waals surface area (Å²) in [6.45, 7) is 5.34. The Morgan fingerprint density at radius 3 is 2.48 bits per heavy atom. The number of piperidine rings is 1. The Hall–Kier alpha value is -3.43. The second kappa shape index (κ2) is 12.8. The SMILES string of the molecule is CCSC(=O)c1cc(C#N)c(N2CCC(C(=O)NS(=O)(=O)Cc3ccc(C)cc3)CC2)nc1CN1CCCC1=O. The van der Waals surface area contributed by atoms with E-state index >= 15 is 0 Å². The van der Waals surface area contributed by atoms with Crippen molar-refractivity contribution in [1.82, 2.24) is 14.6 Å². The van der Waals surface area contributed by atoms with Crippen LogP contribution in [0.25, 0.3) is 0 Å². The Kier molecular flexibility index (Phi) is 9.48. The molecule has 2 aromatic rings. The number of aromatic nitrogens is 1. The van der Waals surface area contributed by atoms with Gasteiger partial charge in [-0.1, -0.05) is 48.5 Å². The Morgan fingerprint density at radius 2 is 1.88 bits per heavy atom. The topological polar surface area (TPSA) is 141 Å². The molecule has 12 heteroatoms. The Balaban J connectivity index is 1.47. The summed E-state index contributed by atoms with van der Waals surface area (Å²) in [4.78, 5) is 46.2. The number of nitrogens with zero attached hydrogens (tertiary/aromatic N) is 4. The molecule has 2 amide bonds. The zero-order valence-electron chi connectivity index (χ0n) is 22.7. The molecule has 10 nitrogen and oxygen atoms in total. The zero-order chi connectivity index (χ0) is 28.9. The molecule has 2 fully saturated rings. The van der Waals surface area contributed by atoms with Crippen LogP contribution in [0.5, 0.6) is 0 Å². The first-order valence-electron chi connectivity index (χ1n) is 13.3. The van der Waals surface area contributed by atoms with Crippen molar-refractivity contribution in [2.24, 2.45) is 5.92 Å². The molecule has 3 heterocycles. The Morgan fingerprint density at radius 1 is 1.18 bits per heavy atom. The number of pyridine rings is 1. The zero-order valence-corrected chi connectivity index (χ0v) is 24.3. The van der Waals surface area contributed by atoms with E-state index in [1.165, 1.54) is 0 Å². The molecule has 2 aliphatic rings. The summed E-state index contributed by atoms with van der Waals surface area (Å²) < 4.78 is 27.4. The van der Waals surface area contributed by atoms with Crippen LogP contribution in [0.2, 0.25) is 0 Å². The molecule has 0 radical (unpaired) electrons. The number of rotatable bonds is 9. The third kappa shape index (κ3) is 7.20. The van der Waals surface area contributed by atoms with Gasteiger partial charge < -0.3 is 9.80 Å². The van der Waals surface area contributed by atoms with Gasteiger partial charge in [0.1, 0.15) is 11.9 Å². The van der Waals surface area contributed by atoms with Crippen LogP contribution in [0.3, 0.4) is 0 Å². The van der Waals surface area contributed by atoms with Crippen LogP contribution in [-0.4, -0.2) is 60.6 Å². The molecule has 4 rings (SSSR count). The summed E-state index contributed by atoms with van der Waals surface area (Å²) in [6, 6.07) is 10.8. The highest BCUT2D eigenvalue weighted by atomic mass is 32.2. The van der Waals surface area contributed by atoms with Crippen LogP contribution < -0.4 is 9.62 Å².